The lowest BCUT2D eigenvalue weighted by Gasteiger charge is -2.38. The number of halogens is 1. The lowest BCUT2D eigenvalue weighted by atomic mass is 9.88. The van der Waals surface area contributed by atoms with Gasteiger partial charge in [0.25, 0.3) is 6.02 Å². The van der Waals surface area contributed by atoms with Gasteiger partial charge in [0, 0.05) is 12.6 Å². The van der Waals surface area contributed by atoms with Crippen LogP contribution in [0.5, 0.6) is 0 Å². The van der Waals surface area contributed by atoms with Crippen molar-refractivity contribution in [1.29, 1.82) is 0 Å². The Morgan fingerprint density at radius 3 is 2.74 bits per heavy atom. The highest BCUT2D eigenvalue weighted by atomic mass is 19.1. The molecule has 3 atom stereocenters. The molecule has 2 aromatic carbocycles. The number of rotatable bonds is 1. The average molecular weight is 365 g/mol. The molecule has 0 amide bonds. The zero-order valence-corrected chi connectivity index (χ0v) is 15.3. The third-order valence-corrected chi connectivity index (χ3v) is 6.14. The summed E-state index contributed by atoms with van der Waals surface area (Å²) in [5.41, 5.74) is 9.61. The largest absolute Gasteiger partial charge is 0.463 e. The summed E-state index contributed by atoms with van der Waals surface area (Å²) in [6.07, 6.45) is 3.83. The first kappa shape index (κ1) is 16.8. The van der Waals surface area contributed by atoms with Crippen molar-refractivity contribution >= 4 is 6.02 Å². The molecule has 5 rings (SSSR count). The molecule has 1 spiro atoms. The molecule has 5 heteroatoms. The Labute approximate surface area is 158 Å². The van der Waals surface area contributed by atoms with Crippen molar-refractivity contribution in [3.63, 3.8) is 0 Å². The van der Waals surface area contributed by atoms with Crippen molar-refractivity contribution in [2.75, 3.05) is 13.2 Å². The molecule has 2 aliphatic heterocycles. The second kappa shape index (κ2) is 6.34. The number of nitrogens with zero attached hydrogens (tertiary/aromatic N) is 2. The zero-order chi connectivity index (χ0) is 18.4. The van der Waals surface area contributed by atoms with Gasteiger partial charge in [-0.15, -0.1) is 0 Å². The van der Waals surface area contributed by atoms with Crippen LogP contribution in [-0.2, 0) is 11.2 Å². The van der Waals surface area contributed by atoms with Crippen LogP contribution in [0.3, 0.4) is 0 Å². The number of hydrogen-bond donors (Lipinski definition) is 1. The summed E-state index contributed by atoms with van der Waals surface area (Å²) >= 11 is 0. The summed E-state index contributed by atoms with van der Waals surface area (Å²) in [6, 6.07) is 16.2. The van der Waals surface area contributed by atoms with Crippen molar-refractivity contribution in [2.24, 2.45) is 10.7 Å². The summed E-state index contributed by atoms with van der Waals surface area (Å²) < 4.78 is 19.6. The smallest absolute Gasteiger partial charge is 0.288 e. The molecule has 0 bridgehead atoms. The fraction of sp³-hybridized carbons (Fsp3) is 0.409. The fourth-order valence-corrected chi connectivity index (χ4v) is 4.77. The molecule has 1 fully saturated rings. The van der Waals surface area contributed by atoms with E-state index >= 15 is 0 Å². The van der Waals surface area contributed by atoms with E-state index in [1.807, 2.05) is 12.1 Å². The van der Waals surface area contributed by atoms with E-state index < -0.39 is 0 Å². The van der Waals surface area contributed by atoms with Gasteiger partial charge in [0.05, 0.1) is 6.04 Å². The Bertz CT molecular complexity index is 881. The van der Waals surface area contributed by atoms with E-state index in [1.165, 1.54) is 23.3 Å². The van der Waals surface area contributed by atoms with Crippen molar-refractivity contribution in [2.45, 2.75) is 43.3 Å². The van der Waals surface area contributed by atoms with Gasteiger partial charge < -0.3 is 15.4 Å². The van der Waals surface area contributed by atoms with Crippen LogP contribution < -0.4 is 5.73 Å². The standard InChI is InChI=1S/C22H24FN3O/c23-17-7-5-16(6-8-17)20-19-4-2-1-3-15(19)10-12-26(20)21-25-22(14-27-21)11-9-18(24)13-22/h1-8,18,20H,9-14,24H2/t18-,20-,22+/m0/s1. The van der Waals surface area contributed by atoms with Crippen LogP contribution in [0.1, 0.15) is 42.0 Å². The van der Waals surface area contributed by atoms with Crippen LogP contribution >= 0.6 is 0 Å². The normalized spacial score (nSPS) is 29.6. The van der Waals surface area contributed by atoms with Gasteiger partial charge in [0.15, 0.2) is 0 Å². The summed E-state index contributed by atoms with van der Waals surface area (Å²) in [4.78, 5) is 7.27. The van der Waals surface area contributed by atoms with Crippen molar-refractivity contribution < 1.29 is 9.13 Å². The lowest BCUT2D eigenvalue weighted by Crippen LogP contribution is -2.40. The number of amidine groups is 1. The maximum Gasteiger partial charge on any atom is 0.288 e. The summed E-state index contributed by atoms with van der Waals surface area (Å²) in [5, 5.41) is 0. The summed E-state index contributed by atoms with van der Waals surface area (Å²) in [7, 11) is 0. The van der Waals surface area contributed by atoms with Gasteiger partial charge in [-0.3, -0.25) is 0 Å². The first-order chi connectivity index (χ1) is 13.1. The van der Waals surface area contributed by atoms with E-state index in [-0.39, 0.29) is 23.4 Å². The van der Waals surface area contributed by atoms with E-state index in [0.29, 0.717) is 12.6 Å². The molecule has 2 aromatic rings. The van der Waals surface area contributed by atoms with Crippen LogP contribution in [-0.4, -0.2) is 35.7 Å². The zero-order valence-electron chi connectivity index (χ0n) is 15.3. The maximum atomic E-state index is 13.5. The van der Waals surface area contributed by atoms with Gasteiger partial charge >= 0.3 is 0 Å². The van der Waals surface area contributed by atoms with Gasteiger partial charge in [-0.1, -0.05) is 36.4 Å². The first-order valence-electron chi connectivity index (χ1n) is 9.72. The maximum absolute atomic E-state index is 13.5. The minimum Gasteiger partial charge on any atom is -0.463 e. The van der Waals surface area contributed by atoms with Gasteiger partial charge in [-0.05, 0) is 54.5 Å². The molecule has 0 saturated heterocycles. The van der Waals surface area contributed by atoms with Crippen LogP contribution in [0.4, 0.5) is 4.39 Å². The molecule has 1 aliphatic carbocycles. The monoisotopic (exact) mass is 365 g/mol. The quantitative estimate of drug-likeness (QED) is 0.843. The van der Waals surface area contributed by atoms with E-state index in [1.54, 1.807) is 0 Å². The van der Waals surface area contributed by atoms with E-state index in [4.69, 9.17) is 15.5 Å². The topological polar surface area (TPSA) is 50.9 Å². The molecule has 4 nitrogen and oxygen atoms in total. The lowest BCUT2D eigenvalue weighted by molar-refractivity contribution is 0.202. The number of hydrogen-bond acceptors (Lipinski definition) is 4. The molecule has 1 saturated carbocycles. The van der Waals surface area contributed by atoms with E-state index in [0.717, 1.165) is 37.8 Å². The van der Waals surface area contributed by atoms with Crippen LogP contribution in [0.2, 0.25) is 0 Å². The first-order valence-corrected chi connectivity index (χ1v) is 9.72. The highest BCUT2D eigenvalue weighted by Crippen LogP contribution is 2.40. The molecule has 2 heterocycles. The highest BCUT2D eigenvalue weighted by Gasteiger charge is 2.45. The highest BCUT2D eigenvalue weighted by molar-refractivity contribution is 5.78. The van der Waals surface area contributed by atoms with Gasteiger partial charge in [-0.25, -0.2) is 9.38 Å². The molecule has 0 unspecified atom stereocenters. The number of benzene rings is 2. The van der Waals surface area contributed by atoms with Crippen LogP contribution in [0.25, 0.3) is 0 Å². The summed E-state index contributed by atoms with van der Waals surface area (Å²) in [6.45, 7) is 1.45. The van der Waals surface area contributed by atoms with Gasteiger partial charge in [0.2, 0.25) is 0 Å². The van der Waals surface area contributed by atoms with Crippen molar-refractivity contribution in [3.05, 3.63) is 71.0 Å². The third-order valence-electron chi connectivity index (χ3n) is 6.14. The predicted octanol–water partition coefficient (Wildman–Crippen LogP) is 3.41. The van der Waals surface area contributed by atoms with Crippen molar-refractivity contribution in [1.82, 2.24) is 4.90 Å². The summed E-state index contributed by atoms with van der Waals surface area (Å²) in [5.74, 6) is -0.220. The van der Waals surface area contributed by atoms with Gasteiger partial charge in [-0.2, -0.15) is 0 Å². The SMILES string of the molecule is N[C@H]1CC[C@]2(COC(N3CCc4ccccc4[C@@H]3c3ccc(F)cc3)=N2)C1. The number of aliphatic imine (C=N–C) groups is 1. The minimum absolute atomic E-state index is 0.0143. The number of ether oxygens (including phenoxy) is 1. The number of nitrogens with two attached hydrogens (primary N) is 1. The molecule has 2 N–H and O–H groups in total. The molecule has 0 radical (unpaired) electrons. The fourth-order valence-electron chi connectivity index (χ4n) is 4.77. The molecular formula is C22H24FN3O. The minimum atomic E-state index is -0.220. The van der Waals surface area contributed by atoms with Crippen LogP contribution in [0.15, 0.2) is 53.5 Å². The Morgan fingerprint density at radius 2 is 1.96 bits per heavy atom. The van der Waals surface area contributed by atoms with Crippen LogP contribution in [0, 0.1) is 5.82 Å². The average Bonchev–Trinajstić information content (AvgIpc) is 3.27. The molecule has 3 aliphatic rings. The Balaban J connectivity index is 1.55. The molecule has 140 valence electrons. The van der Waals surface area contributed by atoms with Crippen molar-refractivity contribution in [3.8, 4) is 0 Å². The third kappa shape index (κ3) is 2.90. The molecular weight excluding hydrogens is 341 g/mol. The molecule has 27 heavy (non-hydrogen) atoms. The Hall–Kier alpha value is -2.40. The Kier molecular flexibility index (Phi) is 3.93. The number of fused-ring (bicyclic) bond motifs is 1. The predicted molar refractivity (Wildman–Crippen MR) is 103 cm³/mol. The van der Waals surface area contributed by atoms with Gasteiger partial charge in [0.1, 0.15) is 18.0 Å². The Morgan fingerprint density at radius 1 is 1.15 bits per heavy atom. The second-order valence-electron chi connectivity index (χ2n) is 8.01. The second-order valence-corrected chi connectivity index (χ2v) is 8.01. The molecule has 0 aromatic heterocycles. The van der Waals surface area contributed by atoms with E-state index in [2.05, 4.69) is 29.2 Å². The van der Waals surface area contributed by atoms with E-state index in [9.17, 15) is 4.39 Å².